The van der Waals surface area contributed by atoms with E-state index in [0.29, 0.717) is 18.6 Å². The van der Waals surface area contributed by atoms with Crippen molar-refractivity contribution in [3.05, 3.63) is 35.4 Å². The van der Waals surface area contributed by atoms with Gasteiger partial charge in [0, 0.05) is 6.42 Å². The summed E-state index contributed by atoms with van der Waals surface area (Å²) in [6, 6.07) is 6.80. The molecule has 0 saturated heterocycles. The van der Waals surface area contributed by atoms with E-state index in [9.17, 15) is 9.18 Å². The lowest BCUT2D eigenvalue weighted by Crippen LogP contribution is -2.04. The Morgan fingerprint density at radius 2 is 2.00 bits per heavy atom. The highest BCUT2D eigenvalue weighted by Gasteiger charge is 2.04. The van der Waals surface area contributed by atoms with Gasteiger partial charge in [0.1, 0.15) is 0 Å². The van der Waals surface area contributed by atoms with Gasteiger partial charge in [-0.1, -0.05) is 12.1 Å². The summed E-state index contributed by atoms with van der Waals surface area (Å²) in [4.78, 5) is 11.2. The van der Waals surface area contributed by atoms with Gasteiger partial charge in [0.25, 0.3) is 0 Å². The van der Waals surface area contributed by atoms with Crippen LogP contribution in [-0.4, -0.2) is 19.3 Å². The zero-order valence-corrected chi connectivity index (χ0v) is 8.13. The second-order valence-corrected chi connectivity index (χ2v) is 2.86. The fraction of sp³-hybridized carbons (Fsp3) is 0.364. The fourth-order valence-electron chi connectivity index (χ4n) is 1.13. The average molecular weight is 196 g/mol. The number of halogens is 1. The van der Waals surface area contributed by atoms with Crippen LogP contribution in [0.2, 0.25) is 0 Å². The van der Waals surface area contributed by atoms with E-state index in [1.807, 2.05) is 0 Å². The highest BCUT2D eigenvalue weighted by molar-refractivity contribution is 5.89. The molecule has 2 nitrogen and oxygen atoms in total. The fourth-order valence-corrected chi connectivity index (χ4v) is 1.13. The summed E-state index contributed by atoms with van der Waals surface area (Å²) in [6.45, 7) is 1.75. The zero-order valence-electron chi connectivity index (χ0n) is 8.13. The first kappa shape index (κ1) is 10.7. The predicted molar refractivity (Wildman–Crippen MR) is 52.1 cm³/mol. The Morgan fingerprint density at radius 3 is 2.50 bits per heavy atom. The Labute approximate surface area is 82.7 Å². The summed E-state index contributed by atoms with van der Waals surface area (Å²) in [6.07, 6.45) is 0.392. The molecule has 0 spiro atoms. The molecule has 0 aliphatic heterocycles. The molecule has 0 fully saturated rings. The van der Waals surface area contributed by atoms with Crippen LogP contribution in [0.5, 0.6) is 0 Å². The van der Waals surface area contributed by atoms with E-state index in [2.05, 4.69) is 0 Å². The Kier molecular flexibility index (Phi) is 4.11. The van der Waals surface area contributed by atoms with Crippen molar-refractivity contribution in [2.24, 2.45) is 0 Å². The van der Waals surface area contributed by atoms with Crippen molar-refractivity contribution in [2.45, 2.75) is 13.3 Å². The second-order valence-electron chi connectivity index (χ2n) is 2.86. The van der Waals surface area contributed by atoms with E-state index in [4.69, 9.17) is 4.74 Å². The normalized spacial score (nSPS) is 9.86. The van der Waals surface area contributed by atoms with E-state index in [0.717, 1.165) is 5.56 Å². The first-order valence-electron chi connectivity index (χ1n) is 4.60. The van der Waals surface area contributed by atoms with Gasteiger partial charge in [-0.3, -0.25) is 4.39 Å². The summed E-state index contributed by atoms with van der Waals surface area (Å²) in [7, 11) is 0. The maximum Gasteiger partial charge on any atom is 0.338 e. The van der Waals surface area contributed by atoms with E-state index in [1.165, 1.54) is 0 Å². The largest absolute Gasteiger partial charge is 0.462 e. The average Bonchev–Trinajstić information content (AvgIpc) is 2.20. The summed E-state index contributed by atoms with van der Waals surface area (Å²) in [5.41, 5.74) is 1.40. The van der Waals surface area contributed by atoms with E-state index < -0.39 is 0 Å². The van der Waals surface area contributed by atoms with E-state index in [1.54, 1.807) is 31.2 Å². The van der Waals surface area contributed by atoms with Gasteiger partial charge < -0.3 is 4.74 Å². The van der Waals surface area contributed by atoms with Crippen LogP contribution in [0.1, 0.15) is 22.8 Å². The van der Waals surface area contributed by atoms with Gasteiger partial charge in [-0.15, -0.1) is 0 Å². The molecule has 0 unspecified atom stereocenters. The molecule has 1 aromatic carbocycles. The lowest BCUT2D eigenvalue weighted by atomic mass is 10.1. The molecule has 0 radical (unpaired) electrons. The predicted octanol–water partition coefficient (Wildman–Crippen LogP) is 2.38. The second kappa shape index (κ2) is 5.37. The van der Waals surface area contributed by atoms with Gasteiger partial charge in [-0.05, 0) is 24.6 Å². The molecule has 0 aliphatic carbocycles. The van der Waals surface area contributed by atoms with Crippen LogP contribution in [0.4, 0.5) is 4.39 Å². The number of rotatable bonds is 4. The highest BCUT2D eigenvalue weighted by Crippen LogP contribution is 2.06. The van der Waals surface area contributed by atoms with Gasteiger partial charge >= 0.3 is 5.97 Å². The van der Waals surface area contributed by atoms with Crippen molar-refractivity contribution in [3.63, 3.8) is 0 Å². The minimum absolute atomic E-state index is 0.334. The summed E-state index contributed by atoms with van der Waals surface area (Å²) in [5.74, 6) is -0.334. The van der Waals surface area contributed by atoms with Crippen LogP contribution in [0, 0.1) is 0 Å². The summed E-state index contributed by atoms with van der Waals surface area (Å²) in [5, 5.41) is 0. The molecule has 76 valence electrons. The van der Waals surface area contributed by atoms with Gasteiger partial charge in [0.15, 0.2) is 0 Å². The van der Waals surface area contributed by atoms with Crippen LogP contribution in [-0.2, 0) is 11.2 Å². The van der Waals surface area contributed by atoms with Crippen LogP contribution in [0.25, 0.3) is 0 Å². The van der Waals surface area contributed by atoms with E-state index >= 15 is 0 Å². The minimum Gasteiger partial charge on any atom is -0.462 e. The van der Waals surface area contributed by atoms with Gasteiger partial charge in [0.05, 0.1) is 18.8 Å². The number of esters is 1. The molecule has 0 bridgehead atoms. The Morgan fingerprint density at radius 1 is 1.36 bits per heavy atom. The summed E-state index contributed by atoms with van der Waals surface area (Å²) < 4.78 is 16.8. The lowest BCUT2D eigenvalue weighted by molar-refractivity contribution is 0.0526. The summed E-state index contributed by atoms with van der Waals surface area (Å²) >= 11 is 0. The van der Waals surface area contributed by atoms with Gasteiger partial charge in [-0.25, -0.2) is 4.79 Å². The Bertz CT molecular complexity index is 293. The number of hydrogen-bond donors (Lipinski definition) is 0. The molecule has 0 amide bonds. The van der Waals surface area contributed by atoms with Crippen molar-refractivity contribution in [3.8, 4) is 0 Å². The van der Waals surface area contributed by atoms with Crippen molar-refractivity contribution in [1.82, 2.24) is 0 Å². The molecule has 14 heavy (non-hydrogen) atoms. The molecule has 3 heteroatoms. The van der Waals surface area contributed by atoms with Crippen molar-refractivity contribution >= 4 is 5.97 Å². The third kappa shape index (κ3) is 2.83. The number of ether oxygens (including phenoxy) is 1. The molecule has 0 saturated carbocycles. The van der Waals surface area contributed by atoms with Crippen LogP contribution in [0.3, 0.4) is 0 Å². The van der Waals surface area contributed by atoms with Crippen molar-refractivity contribution < 1.29 is 13.9 Å². The van der Waals surface area contributed by atoms with Crippen molar-refractivity contribution in [2.75, 3.05) is 13.3 Å². The number of alkyl halides is 1. The van der Waals surface area contributed by atoms with Crippen LogP contribution >= 0.6 is 0 Å². The number of benzene rings is 1. The van der Waals surface area contributed by atoms with Gasteiger partial charge in [-0.2, -0.15) is 0 Å². The lowest BCUT2D eigenvalue weighted by Gasteiger charge is -2.02. The maximum atomic E-state index is 12.0. The molecule has 0 heterocycles. The first-order valence-corrected chi connectivity index (χ1v) is 4.60. The highest BCUT2D eigenvalue weighted by atomic mass is 19.1. The topological polar surface area (TPSA) is 26.3 Å². The zero-order chi connectivity index (χ0) is 10.4. The molecule has 0 atom stereocenters. The monoisotopic (exact) mass is 196 g/mol. The van der Waals surface area contributed by atoms with Crippen LogP contribution < -0.4 is 0 Å². The Hall–Kier alpha value is -1.38. The van der Waals surface area contributed by atoms with Gasteiger partial charge in [0.2, 0.25) is 0 Å². The smallest absolute Gasteiger partial charge is 0.338 e. The number of carbonyl (C=O) groups is 1. The van der Waals surface area contributed by atoms with Crippen LogP contribution in [0.15, 0.2) is 24.3 Å². The minimum atomic E-state index is -0.376. The van der Waals surface area contributed by atoms with E-state index in [-0.39, 0.29) is 12.6 Å². The SMILES string of the molecule is CCOC(=O)c1ccc(CCF)cc1. The van der Waals surface area contributed by atoms with Crippen molar-refractivity contribution in [1.29, 1.82) is 0 Å². The third-order valence-corrected chi connectivity index (χ3v) is 1.85. The molecule has 0 aromatic heterocycles. The molecule has 0 N–H and O–H groups in total. The maximum absolute atomic E-state index is 12.0. The number of aryl methyl sites for hydroxylation is 1. The third-order valence-electron chi connectivity index (χ3n) is 1.85. The molecule has 0 aliphatic rings. The number of carbonyl (C=O) groups excluding carboxylic acids is 1. The molecule has 1 rings (SSSR count). The molecule has 1 aromatic rings. The number of hydrogen-bond acceptors (Lipinski definition) is 2. The Balaban J connectivity index is 2.67. The standard InChI is InChI=1S/C11H13FO2/c1-2-14-11(13)10-5-3-9(4-6-10)7-8-12/h3-6H,2,7-8H2,1H3. The quantitative estimate of drug-likeness (QED) is 0.691. The first-order chi connectivity index (χ1) is 6.77. The molecular formula is C11H13FO2. The molecular weight excluding hydrogens is 183 g/mol.